The third kappa shape index (κ3) is 7.29. The Hall–Kier alpha value is -2.97. The molecule has 204 valence electrons. The summed E-state index contributed by atoms with van der Waals surface area (Å²) in [5.41, 5.74) is 1.36. The first-order valence-electron chi connectivity index (χ1n) is 11.2. The summed E-state index contributed by atoms with van der Waals surface area (Å²) in [6.07, 6.45) is -2.09. The summed E-state index contributed by atoms with van der Waals surface area (Å²) >= 11 is 0. The molecule has 1 aliphatic heterocycles. The maximum absolute atomic E-state index is 14.8. The molecule has 0 radical (unpaired) electrons. The molecule has 14 heteroatoms. The Bertz CT molecular complexity index is 1270. The summed E-state index contributed by atoms with van der Waals surface area (Å²) in [6.45, 7) is 1.29. The van der Waals surface area contributed by atoms with E-state index in [1.54, 1.807) is 0 Å². The number of nitrogens with one attached hydrogen (secondary N) is 1. The second kappa shape index (κ2) is 11.2. The number of hydrogen-bond acceptors (Lipinski definition) is 7. The number of hydrogen-bond donors (Lipinski definition) is 1. The summed E-state index contributed by atoms with van der Waals surface area (Å²) in [6, 6.07) is 5.19. The second-order valence-corrected chi connectivity index (χ2v) is 11.2. The summed E-state index contributed by atoms with van der Waals surface area (Å²) in [7, 11) is -4.01. The fraction of sp³-hybridized carbons (Fsp3) is 0.478. The molecule has 0 bridgehead atoms. The molecule has 0 aliphatic carbocycles. The first-order chi connectivity index (χ1) is 17.2. The van der Waals surface area contributed by atoms with Crippen LogP contribution in [0.15, 0.2) is 41.3 Å². The van der Waals surface area contributed by atoms with E-state index in [1.807, 2.05) is 0 Å². The van der Waals surface area contributed by atoms with Gasteiger partial charge in [0.25, 0.3) is 11.5 Å². The molecule has 1 unspecified atom stereocenters. The highest BCUT2D eigenvalue weighted by molar-refractivity contribution is 7.92. The number of sulfone groups is 1. The van der Waals surface area contributed by atoms with E-state index in [0.29, 0.717) is 13.0 Å². The fourth-order valence-electron chi connectivity index (χ4n) is 3.61. The van der Waals surface area contributed by atoms with E-state index in [0.717, 1.165) is 60.2 Å². The number of aryl methyl sites for hydroxylation is 1. The van der Waals surface area contributed by atoms with E-state index < -0.39 is 50.3 Å². The lowest BCUT2D eigenvalue weighted by Crippen LogP contribution is -2.51. The van der Waals surface area contributed by atoms with Gasteiger partial charge in [-0.05, 0) is 43.9 Å². The highest BCUT2D eigenvalue weighted by Crippen LogP contribution is 2.28. The number of carbonyl (C=O) groups excluding carboxylic acids is 1. The number of rotatable bonds is 9. The van der Waals surface area contributed by atoms with Crippen LogP contribution < -0.4 is 15.8 Å². The molecule has 1 aromatic carbocycles. The van der Waals surface area contributed by atoms with Crippen LogP contribution in [0.4, 0.5) is 17.6 Å². The third-order valence-corrected chi connectivity index (χ3v) is 8.05. The molecule has 1 amide bonds. The van der Waals surface area contributed by atoms with Crippen molar-refractivity contribution in [1.82, 2.24) is 10.0 Å². The molecule has 1 N–H and O–H groups in total. The summed E-state index contributed by atoms with van der Waals surface area (Å²) in [5.74, 6) is -2.36. The first kappa shape index (κ1) is 28.6. The van der Waals surface area contributed by atoms with Gasteiger partial charge in [-0.2, -0.15) is 0 Å². The zero-order valence-electron chi connectivity index (χ0n) is 20.0. The minimum atomic E-state index is -4.89. The van der Waals surface area contributed by atoms with Crippen molar-refractivity contribution in [2.75, 3.05) is 12.9 Å². The van der Waals surface area contributed by atoms with Crippen molar-refractivity contribution in [3.05, 3.63) is 52.7 Å². The number of ether oxygens (including phenoxy) is 2. The molecule has 1 saturated heterocycles. The lowest BCUT2D eigenvalue weighted by molar-refractivity contribution is -0.274. The molecule has 2 aromatic rings. The molecular weight excluding hydrogens is 524 g/mol. The maximum atomic E-state index is 14.8. The molecule has 3 rings (SSSR count). The summed E-state index contributed by atoms with van der Waals surface area (Å²) in [5, 5.41) is 0. The summed E-state index contributed by atoms with van der Waals surface area (Å²) < 4.78 is 84.8. The monoisotopic (exact) mass is 550 g/mol. The fourth-order valence-corrected chi connectivity index (χ4v) is 4.45. The number of aromatic nitrogens is 1. The zero-order valence-corrected chi connectivity index (χ0v) is 20.8. The number of halogens is 4. The smallest absolute Gasteiger partial charge is 0.406 e. The molecular formula is C23H26F4N2O7S. The topological polar surface area (TPSA) is 113 Å². The van der Waals surface area contributed by atoms with Gasteiger partial charge in [0, 0.05) is 43.7 Å². The molecule has 1 fully saturated rings. The molecule has 0 spiro atoms. The molecule has 1 aliphatic rings. The van der Waals surface area contributed by atoms with Crippen LogP contribution in [-0.4, -0.2) is 49.2 Å². The van der Waals surface area contributed by atoms with Crippen molar-refractivity contribution in [2.24, 2.45) is 0 Å². The Kier molecular flexibility index (Phi) is 8.65. The van der Waals surface area contributed by atoms with Crippen LogP contribution in [0.3, 0.4) is 0 Å². The SMILES string of the molecule is C[C@@](CCn1cc(F)c(-c2ccc(OC(F)(F)F)cc2)cc1=O)(C(=O)NOC1CCCCO1)S(C)(=O)=O. The number of hydroxylamine groups is 1. The Balaban J connectivity index is 1.75. The minimum absolute atomic E-state index is 0.124. The molecule has 37 heavy (non-hydrogen) atoms. The highest BCUT2D eigenvalue weighted by atomic mass is 32.2. The maximum Gasteiger partial charge on any atom is 0.573 e. The Morgan fingerprint density at radius 2 is 1.89 bits per heavy atom. The average molecular weight is 551 g/mol. The largest absolute Gasteiger partial charge is 0.573 e. The lowest BCUT2D eigenvalue weighted by atomic mass is 10.1. The molecule has 0 saturated carbocycles. The predicted molar refractivity (Wildman–Crippen MR) is 123 cm³/mol. The van der Waals surface area contributed by atoms with Gasteiger partial charge in [-0.25, -0.2) is 23.1 Å². The van der Waals surface area contributed by atoms with E-state index in [4.69, 9.17) is 9.57 Å². The molecule has 2 heterocycles. The predicted octanol–water partition coefficient (Wildman–Crippen LogP) is 3.32. The van der Waals surface area contributed by atoms with Crippen molar-refractivity contribution >= 4 is 15.7 Å². The average Bonchev–Trinajstić information content (AvgIpc) is 2.82. The van der Waals surface area contributed by atoms with Crippen LogP contribution in [0, 0.1) is 5.82 Å². The summed E-state index contributed by atoms with van der Waals surface area (Å²) in [4.78, 5) is 30.6. The lowest BCUT2D eigenvalue weighted by Gasteiger charge is -2.28. The van der Waals surface area contributed by atoms with E-state index >= 15 is 0 Å². The molecule has 1 aromatic heterocycles. The van der Waals surface area contributed by atoms with Crippen molar-refractivity contribution in [3.8, 4) is 16.9 Å². The van der Waals surface area contributed by atoms with Gasteiger partial charge in [0.2, 0.25) is 0 Å². The van der Waals surface area contributed by atoms with Gasteiger partial charge >= 0.3 is 6.36 Å². The van der Waals surface area contributed by atoms with E-state index in [1.165, 1.54) is 6.92 Å². The van der Waals surface area contributed by atoms with E-state index in [-0.39, 0.29) is 24.1 Å². The van der Waals surface area contributed by atoms with Gasteiger partial charge in [-0.15, -0.1) is 13.2 Å². The van der Waals surface area contributed by atoms with Gasteiger partial charge in [-0.3, -0.25) is 9.59 Å². The number of carbonyl (C=O) groups is 1. The van der Waals surface area contributed by atoms with Crippen LogP contribution in [0.2, 0.25) is 0 Å². The van der Waals surface area contributed by atoms with Gasteiger partial charge in [0.1, 0.15) is 11.6 Å². The Morgan fingerprint density at radius 3 is 2.46 bits per heavy atom. The number of alkyl halides is 3. The first-order valence-corrected chi connectivity index (χ1v) is 13.1. The number of pyridine rings is 1. The normalized spacial score (nSPS) is 18.2. The third-order valence-electron chi connectivity index (χ3n) is 6.03. The van der Waals surface area contributed by atoms with Gasteiger partial charge in [0.15, 0.2) is 20.9 Å². The number of nitrogens with zero attached hydrogens (tertiary/aromatic N) is 1. The van der Waals surface area contributed by atoms with E-state index in [9.17, 15) is 35.6 Å². The molecule has 9 nitrogen and oxygen atoms in total. The van der Waals surface area contributed by atoms with Gasteiger partial charge in [-0.1, -0.05) is 12.1 Å². The van der Waals surface area contributed by atoms with Crippen LogP contribution in [0.1, 0.15) is 32.6 Å². The quantitative estimate of drug-likeness (QED) is 0.377. The molecule has 2 atom stereocenters. The van der Waals surface area contributed by atoms with Crippen molar-refractivity contribution < 1.29 is 45.1 Å². The number of amides is 1. The van der Waals surface area contributed by atoms with Crippen molar-refractivity contribution in [2.45, 2.75) is 56.6 Å². The minimum Gasteiger partial charge on any atom is -0.406 e. The zero-order chi connectivity index (χ0) is 27.4. The Morgan fingerprint density at radius 1 is 1.22 bits per heavy atom. The highest BCUT2D eigenvalue weighted by Gasteiger charge is 2.44. The van der Waals surface area contributed by atoms with E-state index in [2.05, 4.69) is 10.2 Å². The Labute approximate surface area is 210 Å². The van der Waals surface area contributed by atoms with Crippen molar-refractivity contribution in [1.29, 1.82) is 0 Å². The number of benzene rings is 1. The van der Waals surface area contributed by atoms with Crippen LogP contribution in [0.5, 0.6) is 5.75 Å². The van der Waals surface area contributed by atoms with Crippen LogP contribution >= 0.6 is 0 Å². The van der Waals surface area contributed by atoms with Crippen molar-refractivity contribution in [3.63, 3.8) is 0 Å². The van der Waals surface area contributed by atoms with Crippen LogP contribution in [-0.2, 0) is 30.8 Å². The second-order valence-electron chi connectivity index (χ2n) is 8.74. The van der Waals surface area contributed by atoms with Crippen LogP contribution in [0.25, 0.3) is 11.1 Å². The standard InChI is InChI=1S/C23H26F4N2O7S/c1-22(37(2,32)33,21(31)28-36-20-5-3-4-12-34-20)10-11-29-14-18(24)17(13-19(29)30)15-6-8-16(9-7-15)35-23(25,26)27/h6-9,13-14,20H,3-5,10-12H2,1-2H3,(H,28,31)/t20?,22-/m1/s1. The van der Waals surface area contributed by atoms with Gasteiger partial charge in [0.05, 0.1) is 0 Å². The van der Waals surface area contributed by atoms with Gasteiger partial charge < -0.3 is 14.0 Å².